The number of carbonyl (C=O) groups is 1. The minimum atomic E-state index is -0.935. The van der Waals surface area contributed by atoms with Gasteiger partial charge < -0.3 is 0 Å². The molecule has 130 valence electrons. The molecule has 0 bridgehead atoms. The fourth-order valence-corrected chi connectivity index (χ4v) is 1.99. The van der Waals surface area contributed by atoms with E-state index in [2.05, 4.69) is 0 Å². The lowest BCUT2D eigenvalue weighted by molar-refractivity contribution is -0.405. The molecule has 0 heterocycles. The summed E-state index contributed by atoms with van der Waals surface area (Å²) in [4.78, 5) is 22.9. The van der Waals surface area contributed by atoms with Crippen LogP contribution in [0.5, 0.6) is 0 Å². The van der Waals surface area contributed by atoms with Gasteiger partial charge in [0.2, 0.25) is 0 Å². The number of alkyl halides is 1. The zero-order chi connectivity index (χ0) is 18.1. The molecule has 0 radical (unpaired) electrons. The van der Waals surface area contributed by atoms with Gasteiger partial charge in [-0.3, -0.25) is 4.79 Å². The Hall–Kier alpha value is -0.900. The average Bonchev–Trinajstić information content (AvgIpc) is 2.44. The molecule has 0 aliphatic carbocycles. The van der Waals surface area contributed by atoms with E-state index in [9.17, 15) is 4.79 Å². The van der Waals surface area contributed by atoms with Crippen LogP contribution in [0.2, 0.25) is 0 Å². The predicted octanol–water partition coefficient (Wildman–Crippen LogP) is 5.57. The van der Waals surface area contributed by atoms with Crippen LogP contribution in [-0.2, 0) is 15.4 Å². The predicted molar refractivity (Wildman–Crippen MR) is 95.0 cm³/mol. The van der Waals surface area contributed by atoms with Crippen molar-refractivity contribution < 1.29 is 14.6 Å². The van der Waals surface area contributed by atoms with Gasteiger partial charge in [-0.05, 0) is 72.1 Å². The van der Waals surface area contributed by atoms with E-state index in [1.807, 2.05) is 59.7 Å². The number of benzene rings is 1. The summed E-state index contributed by atoms with van der Waals surface area (Å²) in [5, 5.41) is 0. The summed E-state index contributed by atoms with van der Waals surface area (Å²) < 4.78 is 0. The van der Waals surface area contributed by atoms with Crippen molar-refractivity contribution in [1.29, 1.82) is 0 Å². The Kier molecular flexibility index (Phi) is 6.06. The van der Waals surface area contributed by atoms with Crippen molar-refractivity contribution >= 4 is 17.4 Å². The molecule has 0 aliphatic heterocycles. The van der Waals surface area contributed by atoms with Gasteiger partial charge in [0, 0.05) is 5.56 Å². The molecule has 0 unspecified atom stereocenters. The van der Waals surface area contributed by atoms with E-state index in [0.717, 1.165) is 17.5 Å². The number of halogens is 1. The summed E-state index contributed by atoms with van der Waals surface area (Å²) >= 11 is 6.19. The maximum absolute atomic E-state index is 12.5. The van der Waals surface area contributed by atoms with Gasteiger partial charge in [-0.15, -0.1) is 11.6 Å². The number of aryl methyl sites for hydroxylation is 1. The Bertz CT molecular complexity index is 568. The highest BCUT2D eigenvalue weighted by Gasteiger charge is 2.31. The Balaban J connectivity index is 3.11. The van der Waals surface area contributed by atoms with Crippen LogP contribution in [0.25, 0.3) is 0 Å². The summed E-state index contributed by atoms with van der Waals surface area (Å²) in [6.45, 7) is 15.2. The van der Waals surface area contributed by atoms with Crippen LogP contribution < -0.4 is 0 Å². The van der Waals surface area contributed by atoms with E-state index in [0.29, 0.717) is 5.56 Å². The van der Waals surface area contributed by atoms with Gasteiger partial charge in [0.25, 0.3) is 0 Å². The molecule has 0 atom stereocenters. The van der Waals surface area contributed by atoms with Crippen LogP contribution >= 0.6 is 11.6 Å². The first-order chi connectivity index (χ1) is 10.3. The highest BCUT2D eigenvalue weighted by Crippen LogP contribution is 2.31. The van der Waals surface area contributed by atoms with Crippen molar-refractivity contribution in [2.75, 3.05) is 0 Å². The number of hydrogen-bond donors (Lipinski definition) is 0. The summed E-state index contributed by atoms with van der Waals surface area (Å²) in [5.41, 5.74) is 1.36. The number of hydrogen-bond acceptors (Lipinski definition) is 3. The second-order valence-corrected chi connectivity index (χ2v) is 8.57. The van der Waals surface area contributed by atoms with Crippen LogP contribution in [0.1, 0.15) is 76.4 Å². The van der Waals surface area contributed by atoms with E-state index in [-0.39, 0.29) is 11.4 Å². The SMILES string of the molecule is CCC(C)(C)OOC(C)(C)c1ccc(C)c(C(=O)C(C)(C)Cl)c1. The van der Waals surface area contributed by atoms with Crippen LogP contribution in [-0.4, -0.2) is 16.3 Å². The molecule has 3 nitrogen and oxygen atoms in total. The van der Waals surface area contributed by atoms with Crippen LogP contribution in [0, 0.1) is 6.92 Å². The summed E-state index contributed by atoms with van der Waals surface area (Å²) in [6, 6.07) is 5.72. The third-order valence-corrected chi connectivity index (χ3v) is 4.22. The Morgan fingerprint density at radius 3 is 2.13 bits per heavy atom. The molecule has 0 amide bonds. The van der Waals surface area contributed by atoms with Crippen molar-refractivity contribution in [2.24, 2.45) is 0 Å². The Morgan fingerprint density at radius 1 is 1.09 bits per heavy atom. The van der Waals surface area contributed by atoms with E-state index in [1.54, 1.807) is 13.8 Å². The van der Waals surface area contributed by atoms with Crippen molar-refractivity contribution in [1.82, 2.24) is 0 Å². The van der Waals surface area contributed by atoms with Crippen LogP contribution in [0.4, 0.5) is 0 Å². The van der Waals surface area contributed by atoms with Gasteiger partial charge in [0.15, 0.2) is 5.78 Å². The zero-order valence-electron chi connectivity index (χ0n) is 15.5. The fraction of sp³-hybridized carbons (Fsp3) is 0.632. The van der Waals surface area contributed by atoms with Crippen molar-refractivity contribution in [3.63, 3.8) is 0 Å². The third-order valence-electron chi connectivity index (χ3n) is 4.04. The van der Waals surface area contributed by atoms with Gasteiger partial charge in [0.1, 0.15) is 10.5 Å². The molecule has 0 spiro atoms. The number of rotatable bonds is 7. The molecule has 0 aliphatic rings. The molecule has 0 fully saturated rings. The van der Waals surface area contributed by atoms with E-state index >= 15 is 0 Å². The first-order valence-corrected chi connectivity index (χ1v) is 8.39. The maximum atomic E-state index is 12.5. The monoisotopic (exact) mass is 340 g/mol. The van der Waals surface area contributed by atoms with E-state index in [1.165, 1.54) is 0 Å². The van der Waals surface area contributed by atoms with Gasteiger partial charge in [-0.1, -0.05) is 19.1 Å². The molecule has 1 aromatic carbocycles. The smallest absolute Gasteiger partial charge is 0.183 e. The molecule has 0 saturated carbocycles. The molecule has 1 rings (SSSR count). The standard InChI is InChI=1S/C19H29ClO3/c1-9-17(3,4)22-23-19(7,8)14-11-10-13(2)15(12-14)16(21)18(5,6)20/h10-12H,9H2,1-8H3. The normalized spacial score (nSPS) is 13.3. The molecule has 0 aromatic heterocycles. The lowest BCUT2D eigenvalue weighted by Gasteiger charge is -2.31. The molecule has 0 N–H and O–H groups in total. The number of ketones is 1. The molecular weight excluding hydrogens is 312 g/mol. The zero-order valence-corrected chi connectivity index (χ0v) is 16.3. The van der Waals surface area contributed by atoms with Crippen molar-refractivity contribution in [2.45, 2.75) is 77.9 Å². The summed E-state index contributed by atoms with van der Waals surface area (Å²) in [5.74, 6) is -0.0934. The maximum Gasteiger partial charge on any atom is 0.183 e. The van der Waals surface area contributed by atoms with Gasteiger partial charge in [-0.2, -0.15) is 0 Å². The van der Waals surface area contributed by atoms with Gasteiger partial charge in [0.05, 0.1) is 5.60 Å². The largest absolute Gasteiger partial charge is 0.292 e. The van der Waals surface area contributed by atoms with Gasteiger partial charge >= 0.3 is 0 Å². The second kappa shape index (κ2) is 6.92. The van der Waals surface area contributed by atoms with E-state index < -0.39 is 10.5 Å². The van der Waals surface area contributed by atoms with Gasteiger partial charge in [-0.25, -0.2) is 9.78 Å². The third kappa shape index (κ3) is 5.30. The van der Waals surface area contributed by atoms with Crippen LogP contribution in [0.3, 0.4) is 0 Å². The lowest BCUT2D eigenvalue weighted by atomic mass is 9.90. The highest BCUT2D eigenvalue weighted by atomic mass is 35.5. The quantitative estimate of drug-likeness (QED) is 0.282. The van der Waals surface area contributed by atoms with Crippen LogP contribution in [0.15, 0.2) is 18.2 Å². The second-order valence-electron chi connectivity index (χ2n) is 7.62. The Labute approximate surface area is 145 Å². The number of Topliss-reactive ketones (excluding diaryl/α,β-unsaturated/α-hetero) is 1. The minimum Gasteiger partial charge on any atom is -0.292 e. The Morgan fingerprint density at radius 2 is 1.65 bits per heavy atom. The summed E-state index contributed by atoms with van der Waals surface area (Å²) in [7, 11) is 0. The first kappa shape index (κ1) is 20.1. The number of carbonyl (C=O) groups excluding carboxylic acids is 1. The van der Waals surface area contributed by atoms with E-state index in [4.69, 9.17) is 21.4 Å². The van der Waals surface area contributed by atoms with Crippen molar-refractivity contribution in [3.8, 4) is 0 Å². The lowest BCUT2D eigenvalue weighted by Crippen LogP contribution is -2.31. The average molecular weight is 341 g/mol. The molecular formula is C19H29ClO3. The molecule has 4 heteroatoms. The minimum absolute atomic E-state index is 0.0934. The van der Waals surface area contributed by atoms with Crippen molar-refractivity contribution in [3.05, 3.63) is 34.9 Å². The summed E-state index contributed by atoms with van der Waals surface area (Å²) in [6.07, 6.45) is 0.834. The molecule has 0 saturated heterocycles. The molecule has 1 aromatic rings. The fourth-order valence-electron chi connectivity index (χ4n) is 1.89. The molecule has 23 heavy (non-hydrogen) atoms. The highest BCUT2D eigenvalue weighted by molar-refractivity contribution is 6.37. The first-order valence-electron chi connectivity index (χ1n) is 8.02. The topological polar surface area (TPSA) is 35.5 Å².